The monoisotopic (exact) mass is 181 g/mol. The van der Waals surface area contributed by atoms with E-state index in [9.17, 15) is 5.21 Å². The first kappa shape index (κ1) is 8.04. The van der Waals surface area contributed by atoms with Gasteiger partial charge in [-0.1, -0.05) is 6.07 Å². The zero-order chi connectivity index (χ0) is 8.39. The summed E-state index contributed by atoms with van der Waals surface area (Å²) in [6.07, 6.45) is 1.72. The van der Waals surface area contributed by atoms with Crippen molar-refractivity contribution >= 4 is 11.8 Å². The smallest absolute Gasteiger partial charge is 0.0874 e. The molecule has 0 spiro atoms. The van der Waals surface area contributed by atoms with E-state index in [2.05, 4.69) is 4.98 Å². The van der Waals surface area contributed by atoms with Crippen molar-refractivity contribution in [3.05, 3.63) is 35.3 Å². The topological polar surface area (TPSA) is 39.2 Å². The predicted molar refractivity (Wildman–Crippen MR) is 49.5 cm³/mol. The van der Waals surface area contributed by atoms with Crippen LogP contribution in [0, 0.1) is 5.21 Å². The van der Waals surface area contributed by atoms with Crippen LogP contribution in [0.25, 0.3) is 0 Å². The molecule has 0 radical (unpaired) electrons. The largest absolute Gasteiger partial charge is 0.784 e. The van der Waals surface area contributed by atoms with Gasteiger partial charge in [-0.2, -0.15) is 0 Å². The summed E-state index contributed by atoms with van der Waals surface area (Å²) >= 11 is 1.65. The van der Waals surface area contributed by atoms with Crippen molar-refractivity contribution < 1.29 is 0 Å². The van der Waals surface area contributed by atoms with Gasteiger partial charge in [-0.3, -0.25) is 4.98 Å². The van der Waals surface area contributed by atoms with Crippen LogP contribution in [0.15, 0.2) is 24.4 Å². The number of hydrogen-bond acceptors (Lipinski definition) is 4. The molecular weight excluding hydrogens is 172 g/mol. The minimum absolute atomic E-state index is 0.0776. The molecule has 1 unspecified atom stereocenters. The number of aromatic nitrogens is 1. The summed E-state index contributed by atoms with van der Waals surface area (Å²) in [5, 5.41) is 12.2. The van der Waals surface area contributed by atoms with E-state index in [1.807, 2.05) is 18.2 Å². The Morgan fingerprint density at radius 3 is 3.08 bits per heavy atom. The van der Waals surface area contributed by atoms with Crippen LogP contribution in [0.1, 0.15) is 11.1 Å². The minimum atomic E-state index is -0.0776. The van der Waals surface area contributed by atoms with Gasteiger partial charge in [-0.15, -0.1) is 11.8 Å². The molecule has 1 aromatic heterocycles. The van der Waals surface area contributed by atoms with Crippen LogP contribution in [-0.2, 0) is 0 Å². The van der Waals surface area contributed by atoms with Gasteiger partial charge in [0.25, 0.3) is 0 Å². The summed E-state index contributed by atoms with van der Waals surface area (Å²) in [5.41, 5.74) is 0.870. The molecule has 2 rings (SSSR count). The Balaban J connectivity index is 2.19. The van der Waals surface area contributed by atoms with E-state index in [4.69, 9.17) is 0 Å². The van der Waals surface area contributed by atoms with Crippen LogP contribution in [0.3, 0.4) is 0 Å². The number of hydrogen-bond donors (Lipinski definition) is 0. The lowest BCUT2D eigenvalue weighted by molar-refractivity contribution is 0.400. The summed E-state index contributed by atoms with van der Waals surface area (Å²) in [5.74, 6) is 0.907. The zero-order valence-corrected chi connectivity index (χ0v) is 7.33. The van der Waals surface area contributed by atoms with Gasteiger partial charge in [-0.05, 0) is 18.7 Å². The fourth-order valence-corrected chi connectivity index (χ4v) is 2.30. The van der Waals surface area contributed by atoms with E-state index < -0.39 is 0 Å². The SMILES string of the molecule is [O-]N1CCSC1c1ccccn1. The molecule has 1 saturated heterocycles. The summed E-state index contributed by atoms with van der Waals surface area (Å²) in [6, 6.07) is 5.67. The Morgan fingerprint density at radius 2 is 2.50 bits per heavy atom. The molecule has 1 aromatic rings. The van der Waals surface area contributed by atoms with Gasteiger partial charge in [-0.25, -0.2) is 0 Å². The number of hydroxylamine groups is 2. The maximum atomic E-state index is 11.2. The van der Waals surface area contributed by atoms with E-state index in [1.165, 1.54) is 0 Å². The molecule has 1 atom stereocenters. The van der Waals surface area contributed by atoms with Crippen molar-refractivity contribution in [1.82, 2.24) is 10.0 Å². The Bertz CT molecular complexity index is 254. The molecular formula is C8H9N2OS-. The standard InChI is InChI=1S/C8H9N2OS/c11-10-5-6-12-8(10)7-3-1-2-4-9-7/h1-4,8H,5-6H2/q-1. The summed E-state index contributed by atoms with van der Waals surface area (Å²) in [6.45, 7) is 0.617. The van der Waals surface area contributed by atoms with E-state index >= 15 is 0 Å². The average Bonchev–Trinajstić information content (AvgIpc) is 2.53. The van der Waals surface area contributed by atoms with E-state index in [0.29, 0.717) is 6.54 Å². The molecule has 0 aromatic carbocycles. The molecule has 0 bridgehead atoms. The van der Waals surface area contributed by atoms with Crippen molar-refractivity contribution in [3.63, 3.8) is 0 Å². The lowest BCUT2D eigenvalue weighted by atomic mass is 10.3. The number of pyridine rings is 1. The lowest BCUT2D eigenvalue weighted by Gasteiger charge is -2.28. The van der Waals surface area contributed by atoms with Crippen LogP contribution < -0.4 is 0 Å². The second-order valence-electron chi connectivity index (χ2n) is 2.62. The Morgan fingerprint density at radius 1 is 1.58 bits per heavy atom. The fourth-order valence-electron chi connectivity index (χ4n) is 1.21. The van der Waals surface area contributed by atoms with Crippen molar-refractivity contribution in [2.24, 2.45) is 0 Å². The molecule has 4 heteroatoms. The Kier molecular flexibility index (Phi) is 2.30. The Hall–Kier alpha value is -0.580. The van der Waals surface area contributed by atoms with Crippen molar-refractivity contribution in [1.29, 1.82) is 0 Å². The van der Waals surface area contributed by atoms with Gasteiger partial charge in [0.15, 0.2) is 0 Å². The van der Waals surface area contributed by atoms with Gasteiger partial charge in [0.1, 0.15) is 0 Å². The first-order chi connectivity index (χ1) is 5.88. The highest BCUT2D eigenvalue weighted by atomic mass is 32.2. The zero-order valence-electron chi connectivity index (χ0n) is 6.51. The minimum Gasteiger partial charge on any atom is -0.784 e. The van der Waals surface area contributed by atoms with Gasteiger partial charge < -0.3 is 10.3 Å². The van der Waals surface area contributed by atoms with Crippen molar-refractivity contribution in [2.45, 2.75) is 5.37 Å². The molecule has 64 valence electrons. The maximum absolute atomic E-state index is 11.2. The molecule has 1 aliphatic heterocycles. The molecule has 0 amide bonds. The van der Waals surface area contributed by atoms with Gasteiger partial charge in [0, 0.05) is 11.9 Å². The van der Waals surface area contributed by atoms with Gasteiger partial charge >= 0.3 is 0 Å². The average molecular weight is 181 g/mol. The Labute approximate surface area is 75.4 Å². The van der Waals surface area contributed by atoms with Crippen LogP contribution in [-0.4, -0.2) is 22.3 Å². The van der Waals surface area contributed by atoms with Gasteiger partial charge in [0.2, 0.25) is 0 Å². The normalized spacial score (nSPS) is 24.6. The molecule has 3 nitrogen and oxygen atoms in total. The first-order valence-electron chi connectivity index (χ1n) is 3.84. The summed E-state index contributed by atoms with van der Waals surface area (Å²) in [4.78, 5) is 4.15. The van der Waals surface area contributed by atoms with Crippen molar-refractivity contribution in [3.8, 4) is 0 Å². The molecule has 2 heterocycles. The summed E-state index contributed by atoms with van der Waals surface area (Å²) < 4.78 is 0. The van der Waals surface area contributed by atoms with Crippen LogP contribution in [0.4, 0.5) is 0 Å². The van der Waals surface area contributed by atoms with E-state index in [1.54, 1.807) is 18.0 Å². The highest BCUT2D eigenvalue weighted by molar-refractivity contribution is 7.99. The van der Waals surface area contributed by atoms with E-state index in [0.717, 1.165) is 16.5 Å². The van der Waals surface area contributed by atoms with Crippen LogP contribution in [0.2, 0.25) is 0 Å². The third-order valence-electron chi connectivity index (χ3n) is 1.79. The third kappa shape index (κ3) is 1.46. The molecule has 1 aliphatic rings. The highest BCUT2D eigenvalue weighted by Gasteiger charge is 2.19. The molecule has 0 N–H and O–H groups in total. The number of rotatable bonds is 1. The first-order valence-corrected chi connectivity index (χ1v) is 4.89. The van der Waals surface area contributed by atoms with Crippen LogP contribution >= 0.6 is 11.8 Å². The molecule has 0 saturated carbocycles. The fraction of sp³-hybridized carbons (Fsp3) is 0.375. The van der Waals surface area contributed by atoms with E-state index in [-0.39, 0.29) is 5.37 Å². The molecule has 1 fully saturated rings. The number of thioether (sulfide) groups is 1. The maximum Gasteiger partial charge on any atom is 0.0874 e. The predicted octanol–water partition coefficient (Wildman–Crippen LogP) is 1.63. The second kappa shape index (κ2) is 3.43. The second-order valence-corrected chi connectivity index (χ2v) is 3.81. The van der Waals surface area contributed by atoms with Gasteiger partial charge in [0.05, 0.1) is 11.1 Å². The highest BCUT2D eigenvalue weighted by Crippen LogP contribution is 2.35. The molecule has 12 heavy (non-hydrogen) atoms. The third-order valence-corrected chi connectivity index (χ3v) is 3.00. The quantitative estimate of drug-likeness (QED) is 0.660. The summed E-state index contributed by atoms with van der Waals surface area (Å²) in [7, 11) is 0. The number of nitrogens with zero attached hydrogens (tertiary/aromatic N) is 2. The van der Waals surface area contributed by atoms with Crippen LogP contribution in [0.5, 0.6) is 0 Å². The molecule has 0 aliphatic carbocycles. The lowest BCUT2D eigenvalue weighted by Crippen LogP contribution is -2.15. The van der Waals surface area contributed by atoms with Crippen molar-refractivity contribution in [2.75, 3.05) is 12.3 Å².